The lowest BCUT2D eigenvalue weighted by atomic mass is 9.96. The molecule has 0 saturated carbocycles. The lowest BCUT2D eigenvalue weighted by Crippen LogP contribution is -2.38. The van der Waals surface area contributed by atoms with Crippen molar-refractivity contribution in [1.82, 2.24) is 9.88 Å². The number of aromatic nitrogens is 1. The van der Waals surface area contributed by atoms with Gasteiger partial charge in [-0.1, -0.05) is 6.07 Å². The second kappa shape index (κ2) is 11.3. The van der Waals surface area contributed by atoms with Crippen LogP contribution in [0.4, 0.5) is 37.0 Å². The third-order valence-corrected chi connectivity index (χ3v) is 7.63. The summed E-state index contributed by atoms with van der Waals surface area (Å²) in [4.78, 5) is 21.2. The molecule has 226 valence electrons. The Morgan fingerprint density at radius 1 is 1.00 bits per heavy atom. The van der Waals surface area contributed by atoms with Gasteiger partial charge in [-0.25, -0.2) is 9.78 Å². The van der Waals surface area contributed by atoms with Gasteiger partial charge in [-0.3, -0.25) is 4.90 Å². The van der Waals surface area contributed by atoms with Crippen LogP contribution in [0.1, 0.15) is 47.4 Å². The summed E-state index contributed by atoms with van der Waals surface area (Å²) in [6.07, 6.45) is -11.3. The number of methoxy groups -OCH3 is 1. The molecule has 2 saturated heterocycles. The largest absolute Gasteiger partial charge is 0.496 e. The number of carbonyl (C=O) groups excluding carboxylic acids is 1. The van der Waals surface area contributed by atoms with E-state index in [0.717, 1.165) is 25.1 Å². The zero-order valence-electron chi connectivity index (χ0n) is 23.1. The number of halogens is 6. The number of rotatable bonds is 7. The first-order valence-electron chi connectivity index (χ1n) is 13.4. The van der Waals surface area contributed by atoms with Gasteiger partial charge in [-0.05, 0) is 66.9 Å². The van der Waals surface area contributed by atoms with Crippen LogP contribution in [0.15, 0.2) is 48.5 Å². The van der Waals surface area contributed by atoms with Crippen molar-refractivity contribution in [3.05, 3.63) is 76.5 Å². The maximum absolute atomic E-state index is 13.5. The molecule has 0 radical (unpaired) electrons. The Labute approximate surface area is 243 Å². The fraction of sp³-hybridized carbons (Fsp3) is 0.367. The molecular formula is C30H26F6N4O3. The number of cyclic esters (lactones) is 1. The standard InChI is InChI=1S/C30H26F6N4O3/c1-17-27(19-13-20(29(31,32)33)15-21(14-19)30(34,35)36)43-28(41)40(17)16-24-22(5-7-26(38-24)39-10-3-11-39)23-12-18(8-9-37)4-6-25(23)42-2/h4-7,12-15,17,27H,3,8,10-11,16H2,1-2H3. The molecule has 0 N–H and O–H groups in total. The smallest absolute Gasteiger partial charge is 0.416 e. The first kappa shape index (κ1) is 30.0. The van der Waals surface area contributed by atoms with Gasteiger partial charge < -0.3 is 14.4 Å². The monoisotopic (exact) mass is 604 g/mol. The van der Waals surface area contributed by atoms with Crippen molar-refractivity contribution >= 4 is 11.9 Å². The van der Waals surface area contributed by atoms with Gasteiger partial charge >= 0.3 is 18.4 Å². The Morgan fingerprint density at radius 3 is 2.23 bits per heavy atom. The molecule has 7 nitrogen and oxygen atoms in total. The van der Waals surface area contributed by atoms with Gasteiger partial charge in [0.05, 0.1) is 49.0 Å². The number of nitriles is 1. The molecule has 0 bridgehead atoms. The van der Waals surface area contributed by atoms with Crippen LogP contribution in [0.2, 0.25) is 0 Å². The van der Waals surface area contributed by atoms with Crippen LogP contribution in [0.25, 0.3) is 11.1 Å². The van der Waals surface area contributed by atoms with Crippen molar-refractivity contribution < 1.29 is 40.6 Å². The second-order valence-corrected chi connectivity index (χ2v) is 10.4. The highest BCUT2D eigenvalue weighted by atomic mass is 19.4. The van der Waals surface area contributed by atoms with Crippen LogP contribution in [0.3, 0.4) is 0 Å². The molecule has 0 aliphatic carbocycles. The molecule has 43 heavy (non-hydrogen) atoms. The lowest BCUT2D eigenvalue weighted by molar-refractivity contribution is -0.143. The summed E-state index contributed by atoms with van der Waals surface area (Å²) >= 11 is 0. The number of ether oxygens (including phenoxy) is 2. The summed E-state index contributed by atoms with van der Waals surface area (Å²) in [7, 11) is 1.49. The summed E-state index contributed by atoms with van der Waals surface area (Å²) in [6.45, 7) is 2.92. The molecule has 1 amide bonds. The van der Waals surface area contributed by atoms with E-state index in [9.17, 15) is 36.4 Å². The van der Waals surface area contributed by atoms with Crippen LogP contribution in [0, 0.1) is 11.3 Å². The molecule has 2 fully saturated rings. The van der Waals surface area contributed by atoms with Crippen molar-refractivity contribution in [2.24, 2.45) is 0 Å². The molecule has 2 unspecified atom stereocenters. The average Bonchev–Trinajstić information content (AvgIpc) is 3.20. The topological polar surface area (TPSA) is 78.7 Å². The minimum atomic E-state index is -5.04. The molecule has 3 heterocycles. The number of benzene rings is 2. The average molecular weight is 605 g/mol. The number of pyridine rings is 1. The van der Waals surface area contributed by atoms with Gasteiger partial charge in [0.2, 0.25) is 0 Å². The molecule has 2 aromatic carbocycles. The zero-order chi connectivity index (χ0) is 31.1. The van der Waals surface area contributed by atoms with E-state index in [1.165, 1.54) is 18.9 Å². The highest BCUT2D eigenvalue weighted by Crippen LogP contribution is 2.42. The maximum atomic E-state index is 13.5. The third-order valence-electron chi connectivity index (χ3n) is 7.63. The Balaban J connectivity index is 1.54. The first-order valence-corrected chi connectivity index (χ1v) is 13.4. The second-order valence-electron chi connectivity index (χ2n) is 10.4. The van der Waals surface area contributed by atoms with Gasteiger partial charge in [-0.2, -0.15) is 31.6 Å². The minimum Gasteiger partial charge on any atom is -0.496 e. The number of anilines is 1. The predicted octanol–water partition coefficient (Wildman–Crippen LogP) is 7.15. The molecule has 5 rings (SSSR count). The quantitative estimate of drug-likeness (QED) is 0.267. The Morgan fingerprint density at radius 2 is 1.67 bits per heavy atom. The van der Waals surface area contributed by atoms with E-state index in [2.05, 4.69) is 6.07 Å². The maximum Gasteiger partial charge on any atom is 0.416 e. The van der Waals surface area contributed by atoms with E-state index < -0.39 is 47.3 Å². The predicted molar refractivity (Wildman–Crippen MR) is 143 cm³/mol. The summed E-state index contributed by atoms with van der Waals surface area (Å²) < 4.78 is 92.0. The van der Waals surface area contributed by atoms with E-state index in [0.29, 0.717) is 40.5 Å². The molecule has 0 spiro atoms. The third kappa shape index (κ3) is 6.04. The number of nitrogens with zero attached hydrogens (tertiary/aromatic N) is 4. The molecule has 2 atom stereocenters. The molecule has 2 aliphatic heterocycles. The van der Waals surface area contributed by atoms with Crippen molar-refractivity contribution in [2.45, 2.75) is 50.8 Å². The van der Waals surface area contributed by atoms with Crippen molar-refractivity contribution in [2.75, 3.05) is 25.1 Å². The summed E-state index contributed by atoms with van der Waals surface area (Å²) in [5, 5.41) is 9.20. The molecule has 13 heteroatoms. The number of hydrogen-bond donors (Lipinski definition) is 0. The zero-order valence-corrected chi connectivity index (χ0v) is 23.1. The fourth-order valence-electron chi connectivity index (χ4n) is 5.21. The number of amides is 1. The normalized spacial score (nSPS) is 18.7. The summed E-state index contributed by atoms with van der Waals surface area (Å²) in [5.74, 6) is 1.14. The SMILES string of the molecule is COc1ccc(CC#N)cc1-c1ccc(N2CCC2)nc1CN1C(=O)OC(c2cc(C(F)(F)F)cc(C(F)(F)F)c2)C1C. The van der Waals surface area contributed by atoms with Gasteiger partial charge in [0.1, 0.15) is 17.7 Å². The van der Waals surface area contributed by atoms with E-state index in [4.69, 9.17) is 14.5 Å². The summed E-state index contributed by atoms with van der Waals surface area (Å²) in [6, 6.07) is 11.2. The fourth-order valence-corrected chi connectivity index (χ4v) is 5.21. The van der Waals surface area contributed by atoms with Gasteiger partial charge in [0, 0.05) is 24.2 Å². The summed E-state index contributed by atoms with van der Waals surface area (Å²) in [5.41, 5.74) is -1.07. The van der Waals surface area contributed by atoms with E-state index in [1.54, 1.807) is 18.2 Å². The van der Waals surface area contributed by atoms with Crippen molar-refractivity contribution in [1.29, 1.82) is 5.26 Å². The molecular weight excluding hydrogens is 578 g/mol. The number of alkyl halides is 6. The van der Waals surface area contributed by atoms with Crippen molar-refractivity contribution in [3.8, 4) is 22.9 Å². The van der Waals surface area contributed by atoms with Crippen LogP contribution < -0.4 is 9.64 Å². The lowest BCUT2D eigenvalue weighted by Gasteiger charge is -2.33. The highest BCUT2D eigenvalue weighted by molar-refractivity contribution is 5.76. The molecule has 2 aliphatic rings. The Kier molecular flexibility index (Phi) is 7.89. The van der Waals surface area contributed by atoms with E-state index >= 15 is 0 Å². The van der Waals surface area contributed by atoms with E-state index in [-0.39, 0.29) is 19.0 Å². The molecule has 3 aromatic rings. The number of carbonyl (C=O) groups is 1. The van der Waals surface area contributed by atoms with Crippen LogP contribution in [0.5, 0.6) is 5.75 Å². The van der Waals surface area contributed by atoms with E-state index in [1.807, 2.05) is 17.0 Å². The Hall–Kier alpha value is -4.47. The van der Waals surface area contributed by atoms with Gasteiger partial charge in [0.25, 0.3) is 0 Å². The number of hydrogen-bond acceptors (Lipinski definition) is 6. The van der Waals surface area contributed by atoms with Crippen LogP contribution in [-0.2, 0) is 30.1 Å². The minimum absolute atomic E-state index is 0.0357. The first-order chi connectivity index (χ1) is 20.3. The molecule has 1 aromatic heterocycles. The Bertz CT molecular complexity index is 1550. The van der Waals surface area contributed by atoms with Gasteiger partial charge in [0.15, 0.2) is 0 Å². The van der Waals surface area contributed by atoms with Crippen LogP contribution in [-0.4, -0.2) is 42.2 Å². The van der Waals surface area contributed by atoms with Crippen LogP contribution >= 0.6 is 0 Å². The van der Waals surface area contributed by atoms with Crippen molar-refractivity contribution in [3.63, 3.8) is 0 Å². The highest BCUT2D eigenvalue weighted by Gasteiger charge is 2.43. The van der Waals surface area contributed by atoms with Gasteiger partial charge in [-0.15, -0.1) is 0 Å².